The van der Waals surface area contributed by atoms with Gasteiger partial charge in [0.2, 0.25) is 5.91 Å². The number of thiocarbonyl (C=S) groups is 1. The number of anilines is 1. The van der Waals surface area contributed by atoms with Gasteiger partial charge in [-0.3, -0.25) is 9.78 Å². The molecule has 3 N–H and O–H groups in total. The van der Waals surface area contributed by atoms with E-state index in [2.05, 4.69) is 15.6 Å². The Morgan fingerprint density at radius 1 is 1.08 bits per heavy atom. The van der Waals surface area contributed by atoms with E-state index in [0.29, 0.717) is 23.2 Å². The first-order valence-electron chi connectivity index (χ1n) is 12.2. The summed E-state index contributed by atoms with van der Waals surface area (Å²) in [5.74, 6) is 0.163. The van der Waals surface area contributed by atoms with E-state index in [0.717, 1.165) is 22.5 Å². The van der Waals surface area contributed by atoms with Crippen molar-refractivity contribution in [2.45, 2.75) is 25.4 Å². The summed E-state index contributed by atoms with van der Waals surface area (Å²) in [6, 6.07) is 23.0. The molecule has 5 rings (SSSR count). The Labute approximate surface area is 225 Å². The van der Waals surface area contributed by atoms with Gasteiger partial charge in [-0.2, -0.15) is 0 Å². The molecule has 4 aromatic rings. The zero-order valence-corrected chi connectivity index (χ0v) is 21.4. The molecule has 9 heteroatoms. The number of hydrogen-bond donors (Lipinski definition) is 3. The molecular formula is C29H26N4O4S. The van der Waals surface area contributed by atoms with Crippen molar-refractivity contribution in [3.8, 4) is 11.3 Å². The van der Waals surface area contributed by atoms with Gasteiger partial charge in [-0.15, -0.1) is 0 Å². The topological polar surface area (TPSA) is 108 Å². The molecule has 0 unspecified atom stereocenters. The quantitative estimate of drug-likeness (QED) is 0.264. The normalized spacial score (nSPS) is 16.8. The number of nitrogens with zero attached hydrogens (tertiary/aromatic N) is 2. The Balaban J connectivity index is 1.39. The number of amides is 1. The van der Waals surface area contributed by atoms with Gasteiger partial charge in [0.05, 0.1) is 17.3 Å². The molecule has 2 atom stereocenters. The van der Waals surface area contributed by atoms with E-state index in [9.17, 15) is 14.7 Å². The predicted molar refractivity (Wildman–Crippen MR) is 148 cm³/mol. The Morgan fingerprint density at radius 2 is 1.89 bits per heavy atom. The Bertz CT molecular complexity index is 1470. The van der Waals surface area contributed by atoms with Crippen LogP contribution in [0.2, 0.25) is 0 Å². The number of aryl methyl sites for hydroxylation is 1. The molecule has 1 saturated heterocycles. The predicted octanol–water partition coefficient (Wildman–Crippen LogP) is 5.35. The fourth-order valence-corrected chi connectivity index (χ4v) is 4.90. The second-order valence-corrected chi connectivity index (χ2v) is 9.46. The summed E-state index contributed by atoms with van der Waals surface area (Å²) in [6.45, 7) is 2.35. The van der Waals surface area contributed by atoms with E-state index in [1.807, 2.05) is 66.4 Å². The summed E-state index contributed by atoms with van der Waals surface area (Å²) in [5.41, 5.74) is 3.58. The molecule has 2 aromatic carbocycles. The molecule has 8 nitrogen and oxygen atoms in total. The lowest BCUT2D eigenvalue weighted by Crippen LogP contribution is -2.32. The number of carbonyl (C=O) groups is 2. The van der Waals surface area contributed by atoms with E-state index >= 15 is 0 Å². The molecule has 0 radical (unpaired) electrons. The highest BCUT2D eigenvalue weighted by Gasteiger charge is 2.41. The molecule has 1 aliphatic rings. The van der Waals surface area contributed by atoms with Crippen molar-refractivity contribution in [3.63, 3.8) is 0 Å². The van der Waals surface area contributed by atoms with E-state index in [-0.39, 0.29) is 30.0 Å². The van der Waals surface area contributed by atoms with Gasteiger partial charge in [0, 0.05) is 30.4 Å². The van der Waals surface area contributed by atoms with Crippen molar-refractivity contribution in [1.29, 1.82) is 0 Å². The lowest BCUT2D eigenvalue weighted by Gasteiger charge is -2.25. The van der Waals surface area contributed by atoms with E-state index in [1.54, 1.807) is 30.5 Å². The first kappa shape index (κ1) is 25.2. The van der Waals surface area contributed by atoms with Gasteiger partial charge in [-0.1, -0.05) is 30.3 Å². The largest absolute Gasteiger partial charge is 0.478 e. The Morgan fingerprint density at radius 3 is 2.61 bits per heavy atom. The molecule has 3 heterocycles. The summed E-state index contributed by atoms with van der Waals surface area (Å²) >= 11 is 5.69. The zero-order chi connectivity index (χ0) is 26.6. The van der Waals surface area contributed by atoms with Crippen molar-refractivity contribution in [2.24, 2.45) is 0 Å². The fourth-order valence-electron chi connectivity index (χ4n) is 4.57. The highest BCUT2D eigenvalue weighted by atomic mass is 32.1. The van der Waals surface area contributed by atoms with Crippen molar-refractivity contribution in [2.75, 3.05) is 11.9 Å². The summed E-state index contributed by atoms with van der Waals surface area (Å²) in [4.78, 5) is 30.5. The maximum Gasteiger partial charge on any atom is 0.335 e. The molecule has 1 fully saturated rings. The van der Waals surface area contributed by atoms with Gasteiger partial charge in [-0.25, -0.2) is 4.79 Å². The van der Waals surface area contributed by atoms with Gasteiger partial charge in [-0.05, 0) is 73.2 Å². The number of nitrogens with one attached hydrogen (secondary N) is 2. The van der Waals surface area contributed by atoms with Crippen LogP contribution in [0.3, 0.4) is 0 Å². The van der Waals surface area contributed by atoms with Crippen LogP contribution < -0.4 is 10.6 Å². The highest BCUT2D eigenvalue weighted by molar-refractivity contribution is 7.80. The number of carboxylic acids is 1. The third kappa shape index (κ3) is 5.42. The molecule has 2 aromatic heterocycles. The number of pyridine rings is 1. The molecule has 0 bridgehead atoms. The van der Waals surface area contributed by atoms with Crippen LogP contribution in [0.15, 0.2) is 89.5 Å². The number of benzene rings is 2. The molecule has 1 aliphatic heterocycles. The van der Waals surface area contributed by atoms with E-state index < -0.39 is 5.97 Å². The van der Waals surface area contributed by atoms with E-state index in [1.165, 1.54) is 0 Å². The lowest BCUT2D eigenvalue weighted by atomic mass is 10.0. The molecule has 0 aliphatic carbocycles. The van der Waals surface area contributed by atoms with Crippen molar-refractivity contribution in [1.82, 2.24) is 15.2 Å². The van der Waals surface area contributed by atoms with Gasteiger partial charge >= 0.3 is 5.97 Å². The molecule has 0 spiro atoms. The van der Waals surface area contributed by atoms with E-state index in [4.69, 9.17) is 16.6 Å². The summed E-state index contributed by atoms with van der Waals surface area (Å²) in [7, 11) is 0. The third-order valence-corrected chi connectivity index (χ3v) is 6.77. The minimum absolute atomic E-state index is 0.114. The number of aromatic nitrogens is 1. The average molecular weight is 527 g/mol. The molecule has 38 heavy (non-hydrogen) atoms. The monoisotopic (exact) mass is 526 g/mol. The maximum absolute atomic E-state index is 12.8. The smallest absolute Gasteiger partial charge is 0.335 e. The second-order valence-electron chi connectivity index (χ2n) is 9.07. The number of carbonyl (C=O) groups excluding carboxylic acids is 1. The minimum Gasteiger partial charge on any atom is -0.478 e. The average Bonchev–Trinajstić information content (AvgIpc) is 3.52. The van der Waals surface area contributed by atoms with Crippen molar-refractivity contribution >= 4 is 34.9 Å². The van der Waals surface area contributed by atoms with Crippen LogP contribution in [0, 0.1) is 6.92 Å². The van der Waals surface area contributed by atoms with Crippen LogP contribution in [0.4, 0.5) is 5.69 Å². The number of rotatable bonds is 8. The summed E-state index contributed by atoms with van der Waals surface area (Å²) in [5, 5.41) is 16.0. The van der Waals surface area contributed by atoms with Gasteiger partial charge in [0.25, 0.3) is 0 Å². The number of carboxylic acid groups (broad SMARTS) is 1. The molecule has 192 valence electrons. The van der Waals surface area contributed by atoms with Gasteiger partial charge < -0.3 is 25.1 Å². The van der Waals surface area contributed by atoms with Crippen LogP contribution in [-0.2, 0) is 4.79 Å². The van der Waals surface area contributed by atoms with Crippen LogP contribution in [-0.4, -0.2) is 38.5 Å². The fraction of sp³-hybridized carbons (Fsp3) is 0.172. The van der Waals surface area contributed by atoms with Gasteiger partial charge in [0.15, 0.2) is 5.11 Å². The second kappa shape index (κ2) is 10.9. The van der Waals surface area contributed by atoms with Crippen LogP contribution in [0.1, 0.15) is 45.9 Å². The summed E-state index contributed by atoms with van der Waals surface area (Å²) in [6.07, 6.45) is 1.96. The Kier molecular flexibility index (Phi) is 7.19. The zero-order valence-electron chi connectivity index (χ0n) is 20.6. The highest BCUT2D eigenvalue weighted by Crippen LogP contribution is 2.40. The van der Waals surface area contributed by atoms with Gasteiger partial charge in [0.1, 0.15) is 17.6 Å². The number of aromatic carboxylic acids is 1. The van der Waals surface area contributed by atoms with Crippen LogP contribution in [0.5, 0.6) is 0 Å². The molecule has 0 saturated carbocycles. The van der Waals surface area contributed by atoms with Crippen molar-refractivity contribution in [3.05, 3.63) is 108 Å². The lowest BCUT2D eigenvalue weighted by molar-refractivity contribution is -0.116. The van der Waals surface area contributed by atoms with Crippen LogP contribution >= 0.6 is 12.2 Å². The first-order chi connectivity index (χ1) is 18.4. The number of furan rings is 1. The Hall–Kier alpha value is -4.50. The standard InChI is InChI=1S/C29H26N4O4S/c1-18-5-4-6-21(17-18)31-25(34)14-16-33-27(26(32-29(33)38)22-7-2-3-15-30-22)24-13-12-23(37-24)19-8-10-20(11-9-19)28(35)36/h2-13,15,17,26-27H,14,16H2,1H3,(H,31,34)(H,32,38)(H,35,36)/t26-,27-/m0/s1. The maximum atomic E-state index is 12.8. The third-order valence-electron chi connectivity index (χ3n) is 6.41. The SMILES string of the molecule is Cc1cccc(NC(=O)CCN2C(=S)N[C@@H](c3ccccn3)[C@@H]2c2ccc(-c3ccc(C(=O)O)cc3)o2)c1. The first-order valence-corrected chi connectivity index (χ1v) is 12.6. The molecular weight excluding hydrogens is 500 g/mol. The van der Waals surface area contributed by atoms with Crippen LogP contribution in [0.25, 0.3) is 11.3 Å². The van der Waals surface area contributed by atoms with Crippen molar-refractivity contribution < 1.29 is 19.1 Å². The number of hydrogen-bond acceptors (Lipinski definition) is 5. The minimum atomic E-state index is -0.984. The molecule has 1 amide bonds. The summed E-state index contributed by atoms with van der Waals surface area (Å²) < 4.78 is 6.28.